The van der Waals surface area contributed by atoms with Crippen LogP contribution in [0.2, 0.25) is 0 Å². The Morgan fingerprint density at radius 1 is 0.897 bits per heavy atom. The monoisotopic (exact) mass is 388 g/mol. The highest BCUT2D eigenvalue weighted by molar-refractivity contribution is 6.08. The van der Waals surface area contributed by atoms with Gasteiger partial charge in [0.15, 0.2) is 0 Å². The summed E-state index contributed by atoms with van der Waals surface area (Å²) in [6.07, 6.45) is -3.86. The summed E-state index contributed by atoms with van der Waals surface area (Å²) in [5.74, 6) is 0. The molecular formula is C26H22N2O. The lowest BCUT2D eigenvalue weighted by Crippen LogP contribution is -1.93. The summed E-state index contributed by atoms with van der Waals surface area (Å²) in [7, 11) is 0. The van der Waals surface area contributed by atoms with Crippen molar-refractivity contribution in [2.45, 2.75) is 26.4 Å². The van der Waals surface area contributed by atoms with Crippen LogP contribution in [0, 0.1) is 13.7 Å². The molecule has 5 rings (SSSR count). The van der Waals surface area contributed by atoms with Gasteiger partial charge in [-0.25, -0.2) is 4.98 Å². The van der Waals surface area contributed by atoms with E-state index in [0.29, 0.717) is 21.9 Å². The number of benzene rings is 2. The van der Waals surface area contributed by atoms with Crippen molar-refractivity contribution < 1.29 is 18.1 Å². The predicted molar refractivity (Wildman–Crippen MR) is 118 cm³/mol. The van der Waals surface area contributed by atoms with E-state index in [1.165, 1.54) is 24.3 Å². The smallest absolute Gasteiger partial charge is 0.227 e. The SMILES string of the molecule is [2H]C([2H])([2H])c1cnc(-c2cccc3c2oc2nc(C([2H])([2H])C([2H])([2H])c4ccccc4)ccc23)cc1C([2H])([2H])[2H]. The molecule has 0 unspecified atom stereocenters. The molecule has 142 valence electrons. The highest BCUT2D eigenvalue weighted by Crippen LogP contribution is 2.34. The molecule has 0 spiro atoms. The average Bonchev–Trinajstić information content (AvgIpc) is 3.26. The lowest BCUT2D eigenvalue weighted by Gasteiger charge is -2.05. The van der Waals surface area contributed by atoms with E-state index in [0.717, 1.165) is 6.20 Å². The molecule has 29 heavy (non-hydrogen) atoms. The molecule has 0 aliphatic heterocycles. The van der Waals surface area contributed by atoms with Crippen LogP contribution in [0.1, 0.15) is 36.1 Å². The van der Waals surface area contributed by atoms with E-state index < -0.39 is 26.4 Å². The summed E-state index contributed by atoms with van der Waals surface area (Å²) in [4.78, 5) is 8.58. The van der Waals surface area contributed by atoms with Gasteiger partial charge in [-0.05, 0) is 67.4 Å². The van der Waals surface area contributed by atoms with Crippen LogP contribution in [0.3, 0.4) is 0 Å². The molecule has 0 saturated carbocycles. The molecule has 0 N–H and O–H groups in total. The van der Waals surface area contributed by atoms with Crippen molar-refractivity contribution in [2.24, 2.45) is 0 Å². The third-order valence-electron chi connectivity index (χ3n) is 4.65. The predicted octanol–water partition coefficient (Wildman–Crippen LogP) is 6.45. The van der Waals surface area contributed by atoms with E-state index in [9.17, 15) is 0 Å². The fourth-order valence-corrected chi connectivity index (χ4v) is 3.21. The zero-order chi connectivity index (χ0) is 28.4. The molecule has 0 bridgehead atoms. The lowest BCUT2D eigenvalue weighted by molar-refractivity contribution is 0.651. The molecule has 0 atom stereocenters. The normalized spacial score (nSPS) is 18.3. The number of rotatable bonds is 4. The number of aromatic nitrogens is 2. The first-order chi connectivity index (χ1) is 18.1. The molecule has 0 aliphatic carbocycles. The molecule has 5 aromatic rings. The Labute approximate surface area is 184 Å². The molecule has 0 fully saturated rings. The van der Waals surface area contributed by atoms with Crippen LogP contribution >= 0.6 is 0 Å². The topological polar surface area (TPSA) is 38.9 Å². The minimum Gasteiger partial charge on any atom is -0.437 e. The van der Waals surface area contributed by atoms with Crippen LogP contribution in [0.15, 0.2) is 77.3 Å². The molecule has 3 nitrogen and oxygen atoms in total. The van der Waals surface area contributed by atoms with E-state index in [-0.39, 0.29) is 33.8 Å². The molecule has 3 heterocycles. The highest BCUT2D eigenvalue weighted by Gasteiger charge is 2.14. The molecule has 0 saturated heterocycles. The molecule has 2 aromatic carbocycles. The Bertz CT molecular complexity index is 1690. The van der Waals surface area contributed by atoms with Gasteiger partial charge in [0, 0.05) is 41.9 Å². The minimum absolute atomic E-state index is 0.0674. The number of pyridine rings is 2. The van der Waals surface area contributed by atoms with Gasteiger partial charge in [-0.1, -0.05) is 42.5 Å². The summed E-state index contributed by atoms with van der Waals surface area (Å²) in [6.45, 7) is -5.35. The van der Waals surface area contributed by atoms with Crippen molar-refractivity contribution in [1.29, 1.82) is 0 Å². The summed E-state index contributed by atoms with van der Waals surface area (Å²) in [5, 5.41) is 1.15. The lowest BCUT2D eigenvalue weighted by atomic mass is 10.0. The van der Waals surface area contributed by atoms with Crippen LogP contribution in [0.25, 0.3) is 33.3 Å². The third kappa shape index (κ3) is 3.29. The zero-order valence-electron chi connectivity index (χ0n) is 25.2. The maximum atomic E-state index is 8.62. The number of aryl methyl sites for hydroxylation is 4. The van der Waals surface area contributed by atoms with Crippen molar-refractivity contribution >= 4 is 22.1 Å². The Hall–Kier alpha value is -3.46. The number of hydrogen-bond acceptors (Lipinski definition) is 3. The molecule has 0 radical (unpaired) electrons. The quantitative estimate of drug-likeness (QED) is 0.355. The first kappa shape index (κ1) is 9.84. The van der Waals surface area contributed by atoms with E-state index in [1.807, 2.05) is 0 Å². The van der Waals surface area contributed by atoms with Gasteiger partial charge >= 0.3 is 0 Å². The first-order valence-electron chi connectivity index (χ1n) is 14.0. The van der Waals surface area contributed by atoms with Gasteiger partial charge in [0.1, 0.15) is 5.58 Å². The second-order valence-electron chi connectivity index (χ2n) is 6.56. The Kier molecular flexibility index (Phi) is 2.43. The second-order valence-corrected chi connectivity index (χ2v) is 6.56. The van der Waals surface area contributed by atoms with Gasteiger partial charge in [-0.3, -0.25) is 4.98 Å². The van der Waals surface area contributed by atoms with Crippen molar-refractivity contribution in [3.8, 4) is 11.3 Å². The van der Waals surface area contributed by atoms with Gasteiger partial charge in [0.2, 0.25) is 5.71 Å². The number of fused-ring (bicyclic) bond motifs is 3. The molecule has 0 amide bonds. The van der Waals surface area contributed by atoms with E-state index in [1.54, 1.807) is 42.5 Å². The third-order valence-corrected chi connectivity index (χ3v) is 4.65. The van der Waals surface area contributed by atoms with Gasteiger partial charge in [0.05, 0.1) is 5.69 Å². The van der Waals surface area contributed by atoms with Crippen molar-refractivity contribution in [1.82, 2.24) is 9.97 Å². The Morgan fingerprint density at radius 3 is 2.66 bits per heavy atom. The van der Waals surface area contributed by atoms with Crippen LogP contribution in [0.5, 0.6) is 0 Å². The Morgan fingerprint density at radius 2 is 1.79 bits per heavy atom. The maximum absolute atomic E-state index is 8.62. The number of para-hydroxylation sites is 1. The number of hydrogen-bond donors (Lipinski definition) is 0. The van der Waals surface area contributed by atoms with Gasteiger partial charge in [0.25, 0.3) is 0 Å². The van der Waals surface area contributed by atoms with Crippen molar-refractivity contribution in [3.05, 3.63) is 95.3 Å². The number of furan rings is 1. The van der Waals surface area contributed by atoms with Crippen LogP contribution < -0.4 is 0 Å². The van der Waals surface area contributed by atoms with Crippen molar-refractivity contribution in [3.63, 3.8) is 0 Å². The molecular weight excluding hydrogens is 356 g/mol. The zero-order valence-corrected chi connectivity index (χ0v) is 15.2. The fourth-order valence-electron chi connectivity index (χ4n) is 3.21. The van der Waals surface area contributed by atoms with Gasteiger partial charge in [-0.15, -0.1) is 0 Å². The van der Waals surface area contributed by atoms with E-state index in [2.05, 4.69) is 9.97 Å². The van der Waals surface area contributed by atoms with Crippen LogP contribution in [-0.2, 0) is 12.7 Å². The fraction of sp³-hybridized carbons (Fsp3) is 0.154. The van der Waals surface area contributed by atoms with Crippen LogP contribution in [-0.4, -0.2) is 9.97 Å². The standard InChI is InChI=1S/C26H22N2O/c1-17-15-24(27-16-18(17)2)23-10-6-9-21-22-14-13-20(28-26(22)29-25(21)23)12-11-19-7-4-3-5-8-19/h3-10,13-16H,11-12H2,1-2H3/i1D3,2D3,11D2,12D2. The second kappa shape index (κ2) is 7.17. The average molecular weight is 389 g/mol. The summed E-state index contributed by atoms with van der Waals surface area (Å²) >= 11 is 0. The van der Waals surface area contributed by atoms with Gasteiger partial charge in [-0.2, -0.15) is 0 Å². The first-order valence-corrected chi connectivity index (χ1v) is 9.02. The summed E-state index contributed by atoms with van der Waals surface area (Å²) < 4.78 is 87.0. The maximum Gasteiger partial charge on any atom is 0.227 e. The number of nitrogens with zero attached hydrogens (tertiary/aromatic N) is 2. The summed E-state index contributed by atoms with van der Waals surface area (Å²) in [5.41, 5.74) is 0.274. The van der Waals surface area contributed by atoms with Gasteiger partial charge < -0.3 is 4.42 Å². The van der Waals surface area contributed by atoms with Crippen molar-refractivity contribution in [2.75, 3.05) is 0 Å². The highest BCUT2D eigenvalue weighted by atomic mass is 16.3. The van der Waals surface area contributed by atoms with E-state index in [4.69, 9.17) is 18.1 Å². The van der Waals surface area contributed by atoms with Crippen LogP contribution in [0.4, 0.5) is 0 Å². The Balaban J connectivity index is 1.66. The van der Waals surface area contributed by atoms with E-state index >= 15 is 0 Å². The minimum atomic E-state index is -2.69. The molecule has 3 heteroatoms. The largest absolute Gasteiger partial charge is 0.437 e. The molecule has 0 aliphatic rings. The summed E-state index contributed by atoms with van der Waals surface area (Å²) in [6, 6.07) is 17.4. The molecule has 3 aromatic heterocycles.